The molecule has 0 saturated carbocycles. The summed E-state index contributed by atoms with van der Waals surface area (Å²) in [6.07, 6.45) is 3.88. The zero-order chi connectivity index (χ0) is 13.8. The molecule has 1 aromatic rings. The lowest BCUT2D eigenvalue weighted by atomic mass is 10.2. The maximum Gasteiger partial charge on any atom is 0.325 e. The first-order valence-corrected chi connectivity index (χ1v) is 6.32. The molecule has 2 rings (SSSR count). The number of carboxylic acids is 1. The van der Waals surface area contributed by atoms with Gasteiger partial charge in [0.25, 0.3) is 5.91 Å². The number of carbonyl (C=O) groups is 2. The van der Waals surface area contributed by atoms with E-state index in [-0.39, 0.29) is 5.69 Å². The van der Waals surface area contributed by atoms with Gasteiger partial charge in [-0.15, -0.1) is 0 Å². The number of nitrogens with zero attached hydrogens (tertiary/aromatic N) is 2. The molecule has 1 fully saturated rings. The van der Waals surface area contributed by atoms with E-state index < -0.39 is 17.9 Å². The predicted molar refractivity (Wildman–Crippen MR) is 70.2 cm³/mol. The minimum Gasteiger partial charge on any atom is -0.480 e. The van der Waals surface area contributed by atoms with E-state index in [1.54, 1.807) is 12.3 Å². The monoisotopic (exact) mass is 263 g/mol. The number of hydrogen-bond acceptors (Lipinski definition) is 4. The van der Waals surface area contributed by atoms with Crippen LogP contribution in [-0.4, -0.2) is 41.1 Å². The Morgan fingerprint density at radius 2 is 2.11 bits per heavy atom. The van der Waals surface area contributed by atoms with Gasteiger partial charge in [0.05, 0.1) is 0 Å². The first-order chi connectivity index (χ1) is 9.08. The van der Waals surface area contributed by atoms with Crippen molar-refractivity contribution in [2.45, 2.75) is 25.8 Å². The summed E-state index contributed by atoms with van der Waals surface area (Å²) in [4.78, 5) is 28.8. The Bertz CT molecular complexity index is 484. The fourth-order valence-corrected chi connectivity index (χ4v) is 2.05. The summed E-state index contributed by atoms with van der Waals surface area (Å²) in [6, 6.07) is 2.64. The highest BCUT2D eigenvalue weighted by Crippen LogP contribution is 2.19. The Hall–Kier alpha value is -2.11. The molecule has 2 N–H and O–H groups in total. The molecule has 0 aliphatic carbocycles. The largest absolute Gasteiger partial charge is 0.480 e. The molecule has 1 aliphatic rings. The molecule has 1 saturated heterocycles. The van der Waals surface area contributed by atoms with Crippen LogP contribution in [0.4, 0.5) is 5.69 Å². The molecule has 0 aromatic carbocycles. The third-order valence-corrected chi connectivity index (χ3v) is 3.17. The van der Waals surface area contributed by atoms with Crippen LogP contribution < -0.4 is 10.2 Å². The molecule has 2 heterocycles. The van der Waals surface area contributed by atoms with Crippen LogP contribution >= 0.6 is 0 Å². The van der Waals surface area contributed by atoms with Crippen molar-refractivity contribution in [1.82, 2.24) is 10.3 Å². The van der Waals surface area contributed by atoms with Crippen molar-refractivity contribution in [2.75, 3.05) is 18.0 Å². The summed E-state index contributed by atoms with van der Waals surface area (Å²) < 4.78 is 0. The number of carbonyl (C=O) groups excluding carboxylic acids is 1. The molecular formula is C13H17N3O3. The highest BCUT2D eigenvalue weighted by molar-refractivity contribution is 5.95. The normalized spacial score (nSPS) is 16.2. The molecule has 19 heavy (non-hydrogen) atoms. The van der Waals surface area contributed by atoms with Crippen LogP contribution in [0.5, 0.6) is 0 Å². The molecule has 0 radical (unpaired) electrons. The number of pyridine rings is 1. The quantitative estimate of drug-likeness (QED) is 0.842. The lowest BCUT2D eigenvalue weighted by Crippen LogP contribution is -2.38. The van der Waals surface area contributed by atoms with Crippen molar-refractivity contribution in [1.29, 1.82) is 0 Å². The van der Waals surface area contributed by atoms with E-state index >= 15 is 0 Å². The minimum atomic E-state index is -1.07. The van der Waals surface area contributed by atoms with Crippen molar-refractivity contribution in [3.8, 4) is 0 Å². The van der Waals surface area contributed by atoms with Gasteiger partial charge in [-0.2, -0.15) is 0 Å². The smallest absolute Gasteiger partial charge is 0.325 e. The van der Waals surface area contributed by atoms with Crippen LogP contribution in [0.1, 0.15) is 30.3 Å². The number of aliphatic carboxylic acids is 1. The van der Waals surface area contributed by atoms with Gasteiger partial charge >= 0.3 is 5.97 Å². The van der Waals surface area contributed by atoms with Crippen molar-refractivity contribution < 1.29 is 14.7 Å². The second-order valence-electron chi connectivity index (χ2n) is 4.63. The summed E-state index contributed by atoms with van der Waals surface area (Å²) in [7, 11) is 0. The Morgan fingerprint density at radius 1 is 1.42 bits per heavy atom. The lowest BCUT2D eigenvalue weighted by molar-refractivity contribution is -0.138. The van der Waals surface area contributed by atoms with Crippen LogP contribution in [-0.2, 0) is 4.79 Å². The van der Waals surface area contributed by atoms with Crippen LogP contribution in [0.2, 0.25) is 0 Å². The standard InChI is InChI=1S/C13H17N3O3/c1-9(13(18)19)15-12(17)11-8-10(4-5-14-11)16-6-2-3-7-16/h4-5,8-9H,2-3,6-7H2,1H3,(H,15,17)(H,18,19)/t9-/m0/s1. The maximum atomic E-state index is 11.9. The van der Waals surface area contributed by atoms with Crippen LogP contribution in [0.3, 0.4) is 0 Å². The third-order valence-electron chi connectivity index (χ3n) is 3.17. The zero-order valence-electron chi connectivity index (χ0n) is 10.8. The Balaban J connectivity index is 2.09. The third kappa shape index (κ3) is 3.21. The van der Waals surface area contributed by atoms with Gasteiger partial charge in [0.15, 0.2) is 0 Å². The van der Waals surface area contributed by atoms with E-state index in [2.05, 4.69) is 15.2 Å². The lowest BCUT2D eigenvalue weighted by Gasteiger charge is -2.18. The van der Waals surface area contributed by atoms with Gasteiger partial charge in [-0.05, 0) is 31.9 Å². The number of carboxylic acid groups (broad SMARTS) is 1. The van der Waals surface area contributed by atoms with E-state index in [1.165, 1.54) is 6.92 Å². The van der Waals surface area contributed by atoms with Crippen LogP contribution in [0, 0.1) is 0 Å². The van der Waals surface area contributed by atoms with Crippen molar-refractivity contribution >= 4 is 17.6 Å². The highest BCUT2D eigenvalue weighted by atomic mass is 16.4. The van der Waals surface area contributed by atoms with Crippen LogP contribution in [0.25, 0.3) is 0 Å². The molecule has 0 spiro atoms. The molecular weight excluding hydrogens is 246 g/mol. The van der Waals surface area contributed by atoms with Crippen molar-refractivity contribution in [2.24, 2.45) is 0 Å². The van der Waals surface area contributed by atoms with Gasteiger partial charge < -0.3 is 15.3 Å². The topological polar surface area (TPSA) is 82.5 Å². The minimum absolute atomic E-state index is 0.248. The number of rotatable bonds is 4. The predicted octanol–water partition coefficient (Wildman–Crippen LogP) is 0.885. The number of amides is 1. The number of hydrogen-bond donors (Lipinski definition) is 2. The fraction of sp³-hybridized carbons (Fsp3) is 0.462. The fourth-order valence-electron chi connectivity index (χ4n) is 2.05. The first-order valence-electron chi connectivity index (χ1n) is 6.32. The molecule has 1 amide bonds. The maximum absolute atomic E-state index is 11.9. The molecule has 102 valence electrons. The Labute approximate surface area is 111 Å². The van der Waals surface area contributed by atoms with E-state index in [1.807, 2.05) is 6.07 Å². The van der Waals surface area contributed by atoms with Crippen LogP contribution in [0.15, 0.2) is 18.3 Å². The summed E-state index contributed by atoms with van der Waals surface area (Å²) in [5, 5.41) is 11.2. The highest BCUT2D eigenvalue weighted by Gasteiger charge is 2.18. The van der Waals surface area contributed by atoms with Gasteiger partial charge in [0, 0.05) is 25.0 Å². The summed E-state index contributed by atoms with van der Waals surface area (Å²) in [5.41, 5.74) is 1.21. The van der Waals surface area contributed by atoms with Gasteiger partial charge in [-0.3, -0.25) is 14.6 Å². The first kappa shape index (κ1) is 13.3. The van der Waals surface area contributed by atoms with Gasteiger partial charge in [-0.25, -0.2) is 0 Å². The second-order valence-corrected chi connectivity index (χ2v) is 4.63. The molecule has 0 bridgehead atoms. The van der Waals surface area contributed by atoms with Crippen molar-refractivity contribution in [3.63, 3.8) is 0 Å². The summed E-state index contributed by atoms with van der Waals surface area (Å²) in [5.74, 6) is -1.53. The van der Waals surface area contributed by atoms with E-state index in [0.29, 0.717) is 0 Å². The second kappa shape index (κ2) is 5.69. The number of aromatic nitrogens is 1. The molecule has 6 heteroatoms. The van der Waals surface area contributed by atoms with E-state index in [0.717, 1.165) is 31.6 Å². The van der Waals surface area contributed by atoms with E-state index in [9.17, 15) is 9.59 Å². The molecule has 1 aromatic heterocycles. The summed E-state index contributed by atoms with van der Waals surface area (Å²) in [6.45, 7) is 3.39. The van der Waals surface area contributed by atoms with Crippen molar-refractivity contribution in [3.05, 3.63) is 24.0 Å². The summed E-state index contributed by atoms with van der Waals surface area (Å²) >= 11 is 0. The van der Waals surface area contributed by atoms with E-state index in [4.69, 9.17) is 5.11 Å². The Kier molecular flexibility index (Phi) is 3.99. The Morgan fingerprint density at radius 3 is 2.74 bits per heavy atom. The molecule has 1 aliphatic heterocycles. The van der Waals surface area contributed by atoms with Gasteiger partial charge in [0.2, 0.25) is 0 Å². The number of anilines is 1. The average molecular weight is 263 g/mol. The SMILES string of the molecule is C[C@H](NC(=O)c1cc(N2CCCC2)ccn1)C(=O)O. The van der Waals surface area contributed by atoms with Gasteiger partial charge in [0.1, 0.15) is 11.7 Å². The molecule has 0 unspecified atom stereocenters. The molecule has 1 atom stereocenters. The molecule has 6 nitrogen and oxygen atoms in total. The number of nitrogens with one attached hydrogen (secondary N) is 1. The van der Waals surface area contributed by atoms with Gasteiger partial charge in [-0.1, -0.05) is 0 Å². The zero-order valence-corrected chi connectivity index (χ0v) is 10.8. The average Bonchev–Trinajstić information content (AvgIpc) is 2.92.